The second-order valence-corrected chi connectivity index (χ2v) is 3.26. The zero-order chi connectivity index (χ0) is 10.6. The van der Waals surface area contributed by atoms with Gasteiger partial charge in [0.1, 0.15) is 0 Å². The largest absolute Gasteiger partial charge is 0.462 e. The molecule has 1 rings (SSSR count). The number of carbonyl (C=O) groups excluding carboxylic acids is 1. The van der Waals surface area contributed by atoms with Crippen LogP contribution in [0, 0.1) is 0 Å². The number of hydrogen-bond donors (Lipinski definition) is 0. The van der Waals surface area contributed by atoms with Crippen LogP contribution in [0.15, 0.2) is 18.2 Å². The van der Waals surface area contributed by atoms with Gasteiger partial charge in [-0.1, -0.05) is 30.7 Å². The number of halogens is 1. The van der Waals surface area contributed by atoms with E-state index in [1.54, 1.807) is 13.0 Å². The zero-order valence-corrected chi connectivity index (χ0v) is 9.10. The molecule has 14 heavy (non-hydrogen) atoms. The lowest BCUT2D eigenvalue weighted by Gasteiger charge is -2.08. The summed E-state index contributed by atoms with van der Waals surface area (Å²) in [7, 11) is 0. The van der Waals surface area contributed by atoms with Crippen LogP contribution in [0.25, 0.3) is 0 Å². The van der Waals surface area contributed by atoms with Crippen molar-refractivity contribution in [2.24, 2.45) is 0 Å². The molecule has 3 heteroatoms. The number of hydrogen-bond acceptors (Lipinski definition) is 2. The lowest BCUT2D eigenvalue weighted by molar-refractivity contribution is 0.0525. The second-order valence-electron chi connectivity index (χ2n) is 2.85. The summed E-state index contributed by atoms with van der Waals surface area (Å²) in [6.07, 6.45) is 0.773. The summed E-state index contributed by atoms with van der Waals surface area (Å²) in [5.41, 5.74) is 1.43. The van der Waals surface area contributed by atoms with Gasteiger partial charge in [-0.25, -0.2) is 4.79 Å². The molecule has 76 valence electrons. The molecule has 0 amide bonds. The fourth-order valence-corrected chi connectivity index (χ4v) is 1.57. The van der Waals surface area contributed by atoms with Crippen molar-refractivity contribution in [3.8, 4) is 0 Å². The van der Waals surface area contributed by atoms with E-state index in [-0.39, 0.29) is 5.97 Å². The first-order valence-corrected chi connectivity index (χ1v) is 5.03. The van der Waals surface area contributed by atoms with Crippen LogP contribution in [-0.2, 0) is 11.2 Å². The Kier molecular flexibility index (Phi) is 3.96. The highest BCUT2D eigenvalue weighted by Crippen LogP contribution is 2.21. The van der Waals surface area contributed by atoms with E-state index in [4.69, 9.17) is 16.3 Å². The van der Waals surface area contributed by atoms with E-state index in [1.165, 1.54) is 0 Å². The lowest BCUT2D eigenvalue weighted by atomic mass is 10.1. The van der Waals surface area contributed by atoms with E-state index in [2.05, 4.69) is 0 Å². The Bertz CT molecular complexity index is 334. The summed E-state index contributed by atoms with van der Waals surface area (Å²) < 4.78 is 4.93. The molecule has 0 aliphatic heterocycles. The van der Waals surface area contributed by atoms with Gasteiger partial charge >= 0.3 is 5.97 Å². The van der Waals surface area contributed by atoms with Crippen LogP contribution in [0.5, 0.6) is 0 Å². The summed E-state index contributed by atoms with van der Waals surface area (Å²) in [6.45, 7) is 4.13. The molecular formula is C11H13ClO2. The minimum absolute atomic E-state index is 0.338. The average molecular weight is 213 g/mol. The van der Waals surface area contributed by atoms with Gasteiger partial charge in [0.2, 0.25) is 0 Å². The number of carbonyl (C=O) groups is 1. The molecule has 0 saturated carbocycles. The fraction of sp³-hybridized carbons (Fsp3) is 0.364. The first-order chi connectivity index (χ1) is 6.70. The minimum atomic E-state index is -0.338. The Morgan fingerprint density at radius 2 is 2.14 bits per heavy atom. The Morgan fingerprint density at radius 1 is 1.43 bits per heavy atom. The Morgan fingerprint density at radius 3 is 2.71 bits per heavy atom. The maximum atomic E-state index is 11.5. The first kappa shape index (κ1) is 11.1. The molecule has 0 fully saturated rings. The highest BCUT2D eigenvalue weighted by atomic mass is 35.5. The molecule has 0 unspecified atom stereocenters. The van der Waals surface area contributed by atoms with Gasteiger partial charge in [-0.15, -0.1) is 0 Å². The third-order valence-electron chi connectivity index (χ3n) is 1.96. The van der Waals surface area contributed by atoms with Crippen molar-refractivity contribution in [2.45, 2.75) is 20.3 Å². The maximum absolute atomic E-state index is 11.5. The summed E-state index contributed by atoms with van der Waals surface area (Å²) in [5.74, 6) is -0.338. The van der Waals surface area contributed by atoms with E-state index < -0.39 is 0 Å². The van der Waals surface area contributed by atoms with E-state index in [9.17, 15) is 4.79 Å². The van der Waals surface area contributed by atoms with Crippen molar-refractivity contribution in [1.82, 2.24) is 0 Å². The van der Waals surface area contributed by atoms with Crippen LogP contribution in [-0.4, -0.2) is 12.6 Å². The van der Waals surface area contributed by atoms with Crippen molar-refractivity contribution >= 4 is 17.6 Å². The van der Waals surface area contributed by atoms with E-state index in [0.717, 1.165) is 12.0 Å². The van der Waals surface area contributed by atoms with Crippen LogP contribution < -0.4 is 0 Å². The third-order valence-corrected chi connectivity index (χ3v) is 2.28. The summed E-state index contributed by atoms with van der Waals surface area (Å²) in [5, 5.41) is 0.461. The van der Waals surface area contributed by atoms with Gasteiger partial charge < -0.3 is 4.74 Å². The highest BCUT2D eigenvalue weighted by Gasteiger charge is 2.14. The van der Waals surface area contributed by atoms with Gasteiger partial charge in [-0.2, -0.15) is 0 Å². The molecule has 1 aromatic carbocycles. The SMILES string of the molecule is CCOC(=O)c1c(Cl)cccc1CC. The zero-order valence-electron chi connectivity index (χ0n) is 8.34. The molecular weight excluding hydrogens is 200 g/mol. The lowest BCUT2D eigenvalue weighted by Crippen LogP contribution is -2.08. The number of ether oxygens (including phenoxy) is 1. The van der Waals surface area contributed by atoms with Crippen molar-refractivity contribution in [3.63, 3.8) is 0 Å². The molecule has 0 bridgehead atoms. The molecule has 0 spiro atoms. The predicted molar refractivity (Wildman–Crippen MR) is 56.8 cm³/mol. The molecule has 0 N–H and O–H groups in total. The molecule has 2 nitrogen and oxygen atoms in total. The molecule has 0 aliphatic carbocycles. The highest BCUT2D eigenvalue weighted by molar-refractivity contribution is 6.33. The molecule has 0 atom stereocenters. The van der Waals surface area contributed by atoms with Crippen LogP contribution >= 0.6 is 11.6 Å². The van der Waals surface area contributed by atoms with Gasteiger partial charge in [0, 0.05) is 0 Å². The monoisotopic (exact) mass is 212 g/mol. The molecule has 0 aromatic heterocycles. The van der Waals surface area contributed by atoms with Crippen LogP contribution in [0.2, 0.25) is 5.02 Å². The molecule has 0 saturated heterocycles. The standard InChI is InChI=1S/C11H13ClO2/c1-3-8-6-5-7-9(12)10(8)11(13)14-4-2/h5-7H,3-4H2,1-2H3. The summed E-state index contributed by atoms with van der Waals surface area (Å²) in [6, 6.07) is 5.43. The fourth-order valence-electron chi connectivity index (χ4n) is 1.30. The van der Waals surface area contributed by atoms with Crippen molar-refractivity contribution < 1.29 is 9.53 Å². The van der Waals surface area contributed by atoms with Crippen molar-refractivity contribution in [3.05, 3.63) is 34.3 Å². The average Bonchev–Trinajstić information content (AvgIpc) is 2.17. The summed E-state index contributed by atoms with van der Waals surface area (Å²) in [4.78, 5) is 11.5. The number of esters is 1. The Hall–Kier alpha value is -1.02. The van der Waals surface area contributed by atoms with Gasteiger partial charge in [0.05, 0.1) is 17.2 Å². The minimum Gasteiger partial charge on any atom is -0.462 e. The Balaban J connectivity index is 3.10. The van der Waals surface area contributed by atoms with Gasteiger partial charge in [-0.05, 0) is 25.0 Å². The van der Waals surface area contributed by atoms with Gasteiger partial charge in [0.25, 0.3) is 0 Å². The van der Waals surface area contributed by atoms with Crippen molar-refractivity contribution in [2.75, 3.05) is 6.61 Å². The molecule has 1 aromatic rings. The molecule has 0 radical (unpaired) electrons. The number of rotatable bonds is 3. The van der Waals surface area contributed by atoms with E-state index >= 15 is 0 Å². The number of aryl methyl sites for hydroxylation is 1. The van der Waals surface area contributed by atoms with Crippen LogP contribution in [0.4, 0.5) is 0 Å². The van der Waals surface area contributed by atoms with Gasteiger partial charge in [0.15, 0.2) is 0 Å². The maximum Gasteiger partial charge on any atom is 0.339 e. The Labute approximate surface area is 88.8 Å². The van der Waals surface area contributed by atoms with Crippen LogP contribution in [0.1, 0.15) is 29.8 Å². The summed E-state index contributed by atoms with van der Waals surface area (Å²) >= 11 is 5.94. The van der Waals surface area contributed by atoms with Gasteiger partial charge in [-0.3, -0.25) is 0 Å². The smallest absolute Gasteiger partial charge is 0.339 e. The second kappa shape index (κ2) is 5.01. The predicted octanol–water partition coefficient (Wildman–Crippen LogP) is 3.08. The topological polar surface area (TPSA) is 26.3 Å². The van der Waals surface area contributed by atoms with E-state index in [1.807, 2.05) is 19.1 Å². The number of benzene rings is 1. The first-order valence-electron chi connectivity index (χ1n) is 4.65. The third kappa shape index (κ3) is 2.26. The van der Waals surface area contributed by atoms with E-state index in [0.29, 0.717) is 17.2 Å². The van der Waals surface area contributed by atoms with Crippen molar-refractivity contribution in [1.29, 1.82) is 0 Å². The molecule has 0 heterocycles. The normalized spacial score (nSPS) is 9.93. The molecule has 0 aliphatic rings. The van der Waals surface area contributed by atoms with Crippen LogP contribution in [0.3, 0.4) is 0 Å². The quantitative estimate of drug-likeness (QED) is 0.720.